The van der Waals surface area contributed by atoms with Crippen molar-refractivity contribution in [3.05, 3.63) is 45.8 Å². The largest absolute Gasteiger partial charge is 0.450 e. The number of fused-ring (bicyclic) bond motifs is 1. The maximum atomic E-state index is 13.1. The Labute approximate surface area is 225 Å². The fourth-order valence-corrected chi connectivity index (χ4v) is 6.56. The minimum Gasteiger partial charge on any atom is -0.450 e. The van der Waals surface area contributed by atoms with Crippen molar-refractivity contribution in [2.45, 2.75) is 31.7 Å². The lowest BCUT2D eigenvalue weighted by molar-refractivity contribution is 0.0924. The van der Waals surface area contributed by atoms with Gasteiger partial charge in [-0.05, 0) is 49.7 Å². The maximum Gasteiger partial charge on any atom is 0.414 e. The minimum atomic E-state index is -3.97. The molecule has 4 N–H and O–H groups in total. The van der Waals surface area contributed by atoms with Crippen molar-refractivity contribution in [3.8, 4) is 0 Å². The molecule has 2 aromatic rings. The average Bonchev–Trinajstić information content (AvgIpc) is 3.25. The number of amides is 3. The van der Waals surface area contributed by atoms with Crippen LogP contribution < -0.4 is 10.6 Å². The van der Waals surface area contributed by atoms with Gasteiger partial charge in [-0.15, -0.1) is 11.3 Å². The molecular formula is C24H30N6O6S2. The number of carbonyl (C=O) groups excluding carboxylic acids is 3. The monoisotopic (exact) mass is 562 g/mol. The topological polar surface area (TPSA) is 173 Å². The fourth-order valence-electron chi connectivity index (χ4n) is 3.95. The molecular weight excluding hydrogens is 532 g/mol. The van der Waals surface area contributed by atoms with Gasteiger partial charge in [-0.2, -0.15) is 4.31 Å². The summed E-state index contributed by atoms with van der Waals surface area (Å²) in [5, 5.41) is 19.7. The van der Waals surface area contributed by atoms with Gasteiger partial charge in [0.05, 0.1) is 17.1 Å². The second kappa shape index (κ2) is 12.9. The molecule has 0 aliphatic carbocycles. The summed E-state index contributed by atoms with van der Waals surface area (Å²) >= 11 is 1.26. The molecule has 0 saturated carbocycles. The van der Waals surface area contributed by atoms with E-state index in [1.165, 1.54) is 35.6 Å². The first-order chi connectivity index (χ1) is 18.2. The Morgan fingerprint density at radius 1 is 1.11 bits per heavy atom. The highest BCUT2D eigenvalue weighted by molar-refractivity contribution is 7.89. The van der Waals surface area contributed by atoms with E-state index in [9.17, 15) is 22.8 Å². The maximum absolute atomic E-state index is 13.1. The molecule has 38 heavy (non-hydrogen) atoms. The Bertz CT molecular complexity index is 1310. The normalized spacial score (nSPS) is 13.4. The lowest BCUT2D eigenvalue weighted by atomic mass is 10.0. The third kappa shape index (κ3) is 6.51. The molecule has 3 rings (SSSR count). The molecule has 0 bridgehead atoms. The first kappa shape index (κ1) is 29.1. The number of rotatable bonds is 11. The number of likely N-dealkylation sites (N-methyl/N-ethyl adjacent to an activating group) is 1. The molecule has 14 heteroatoms. The number of imide groups is 1. The highest BCUT2D eigenvalue weighted by atomic mass is 32.2. The van der Waals surface area contributed by atoms with E-state index < -0.39 is 27.9 Å². The van der Waals surface area contributed by atoms with Crippen LogP contribution in [0.5, 0.6) is 0 Å². The molecule has 1 aliphatic rings. The number of benzene rings is 1. The molecule has 0 saturated heterocycles. The summed E-state index contributed by atoms with van der Waals surface area (Å²) < 4.78 is 31.5. The number of ether oxygens (including phenoxy) is 1. The van der Waals surface area contributed by atoms with Crippen molar-refractivity contribution in [2.75, 3.05) is 38.1 Å². The Hall–Kier alpha value is -3.46. The van der Waals surface area contributed by atoms with Crippen molar-refractivity contribution in [3.63, 3.8) is 0 Å². The molecule has 0 spiro atoms. The summed E-state index contributed by atoms with van der Waals surface area (Å²) in [7, 11) is -3.97. The van der Waals surface area contributed by atoms with Crippen LogP contribution in [0.2, 0.25) is 0 Å². The van der Waals surface area contributed by atoms with Gasteiger partial charge < -0.3 is 20.9 Å². The first-order valence-corrected chi connectivity index (χ1v) is 14.2. The SMILES string of the molecule is CCOC(=O)NC(=O)c1c(NC(=O)c2ccc(S(=O)(=O)N(CC=N)CC=N)cc2)sc2c1CCN(CC)C2. The number of anilines is 1. The van der Waals surface area contributed by atoms with Crippen LogP contribution in [0.3, 0.4) is 0 Å². The second-order valence-electron chi connectivity index (χ2n) is 8.21. The van der Waals surface area contributed by atoms with Gasteiger partial charge in [0.1, 0.15) is 5.00 Å². The van der Waals surface area contributed by atoms with Crippen LogP contribution in [0, 0.1) is 10.8 Å². The summed E-state index contributed by atoms with van der Waals surface area (Å²) in [5.41, 5.74) is 1.15. The number of thiophene rings is 1. The van der Waals surface area contributed by atoms with Crippen LogP contribution in [-0.2, 0) is 27.7 Å². The third-order valence-corrected chi connectivity index (χ3v) is 8.85. The van der Waals surface area contributed by atoms with Gasteiger partial charge in [0, 0.05) is 49.0 Å². The van der Waals surface area contributed by atoms with Crippen LogP contribution >= 0.6 is 11.3 Å². The van der Waals surface area contributed by atoms with E-state index >= 15 is 0 Å². The molecule has 0 fully saturated rings. The zero-order valence-corrected chi connectivity index (χ0v) is 22.7. The summed E-state index contributed by atoms with van der Waals surface area (Å²) in [4.78, 5) is 41.0. The first-order valence-electron chi connectivity index (χ1n) is 11.9. The van der Waals surface area contributed by atoms with E-state index in [-0.39, 0.29) is 35.7 Å². The van der Waals surface area contributed by atoms with Crippen molar-refractivity contribution >= 4 is 56.7 Å². The van der Waals surface area contributed by atoms with Gasteiger partial charge >= 0.3 is 6.09 Å². The summed E-state index contributed by atoms with van der Waals surface area (Å²) in [6.07, 6.45) is 1.56. The Kier molecular flexibility index (Phi) is 9.85. The predicted molar refractivity (Wildman–Crippen MR) is 144 cm³/mol. The van der Waals surface area contributed by atoms with Gasteiger partial charge in [0.15, 0.2) is 0 Å². The lowest BCUT2D eigenvalue weighted by Crippen LogP contribution is -2.34. The molecule has 3 amide bonds. The van der Waals surface area contributed by atoms with Gasteiger partial charge in [-0.3, -0.25) is 19.8 Å². The minimum absolute atomic E-state index is 0.0847. The highest BCUT2D eigenvalue weighted by Crippen LogP contribution is 2.37. The second-order valence-corrected chi connectivity index (χ2v) is 11.3. The van der Waals surface area contributed by atoms with Crippen molar-refractivity contribution in [1.29, 1.82) is 10.8 Å². The number of hydrogen-bond acceptors (Lipinski definition) is 10. The van der Waals surface area contributed by atoms with Gasteiger partial charge in [0.2, 0.25) is 10.0 Å². The number of nitrogens with zero attached hydrogens (tertiary/aromatic N) is 2. The Morgan fingerprint density at radius 2 is 1.76 bits per heavy atom. The molecule has 2 heterocycles. The number of sulfonamides is 1. The van der Waals surface area contributed by atoms with Crippen LogP contribution in [0.15, 0.2) is 29.2 Å². The van der Waals surface area contributed by atoms with Crippen LogP contribution in [-0.4, -0.2) is 80.7 Å². The smallest absolute Gasteiger partial charge is 0.414 e. The summed E-state index contributed by atoms with van der Waals surface area (Å²) in [5.74, 6) is -1.22. The molecule has 0 atom stereocenters. The standard InChI is InChI=1S/C24H30N6O6S2/c1-3-29-12-9-18-19(15-29)37-23(20(18)22(32)28-24(33)36-4-2)27-21(31)16-5-7-17(8-6-16)38(34,35)30(13-10-25)14-11-26/h5-8,10-11,25-26H,3-4,9,12-15H2,1-2H3,(H,27,31)(H,28,32,33). The van der Waals surface area contributed by atoms with Crippen molar-refractivity contribution in [2.24, 2.45) is 0 Å². The van der Waals surface area contributed by atoms with Crippen molar-refractivity contribution < 1.29 is 27.5 Å². The number of alkyl carbamates (subject to hydrolysis) is 1. The lowest BCUT2D eigenvalue weighted by Gasteiger charge is -2.25. The van der Waals surface area contributed by atoms with E-state index in [1.807, 2.05) is 6.92 Å². The van der Waals surface area contributed by atoms with Crippen LogP contribution in [0.4, 0.5) is 9.80 Å². The van der Waals surface area contributed by atoms with Gasteiger partial charge in [0.25, 0.3) is 11.8 Å². The van der Waals surface area contributed by atoms with E-state index in [2.05, 4.69) is 15.5 Å². The molecule has 1 aliphatic heterocycles. The molecule has 1 aromatic heterocycles. The number of hydrogen-bond donors (Lipinski definition) is 4. The predicted octanol–water partition coefficient (Wildman–Crippen LogP) is 2.55. The number of carbonyl (C=O) groups is 3. The quantitative estimate of drug-likeness (QED) is 0.305. The highest BCUT2D eigenvalue weighted by Gasteiger charge is 2.30. The van der Waals surface area contributed by atoms with E-state index in [1.54, 1.807) is 6.92 Å². The molecule has 12 nitrogen and oxygen atoms in total. The Morgan fingerprint density at radius 3 is 2.34 bits per heavy atom. The van der Waals surface area contributed by atoms with Crippen molar-refractivity contribution in [1.82, 2.24) is 14.5 Å². The molecule has 1 aromatic carbocycles. The fraction of sp³-hybridized carbons (Fsp3) is 0.375. The summed E-state index contributed by atoms with van der Waals surface area (Å²) in [6, 6.07) is 5.25. The van der Waals surface area contributed by atoms with Crippen LogP contribution in [0.1, 0.15) is 45.0 Å². The van der Waals surface area contributed by atoms with E-state index in [4.69, 9.17) is 15.6 Å². The van der Waals surface area contributed by atoms with E-state index in [0.717, 1.165) is 40.3 Å². The average molecular weight is 563 g/mol. The zero-order valence-electron chi connectivity index (χ0n) is 21.1. The molecule has 0 radical (unpaired) electrons. The zero-order chi connectivity index (χ0) is 27.9. The summed E-state index contributed by atoms with van der Waals surface area (Å²) in [6.45, 7) is 5.56. The third-order valence-electron chi connectivity index (χ3n) is 5.87. The van der Waals surface area contributed by atoms with Gasteiger partial charge in [-0.25, -0.2) is 13.2 Å². The van der Waals surface area contributed by atoms with E-state index in [0.29, 0.717) is 18.0 Å². The van der Waals surface area contributed by atoms with Gasteiger partial charge in [-0.1, -0.05) is 6.92 Å². The molecule has 204 valence electrons. The van der Waals surface area contributed by atoms with Crippen LogP contribution in [0.25, 0.3) is 0 Å². The Balaban J connectivity index is 1.88. The number of nitrogens with one attached hydrogen (secondary N) is 4. The molecule has 0 unspecified atom stereocenters.